The van der Waals surface area contributed by atoms with Crippen molar-refractivity contribution in [2.75, 3.05) is 26.4 Å². The molecule has 4 saturated carbocycles. The van der Waals surface area contributed by atoms with Crippen LogP contribution in [0, 0.1) is 87.8 Å². The summed E-state index contributed by atoms with van der Waals surface area (Å²) in [5.41, 5.74) is 8.30. The number of nitrogens with two attached hydrogens (primary N) is 2. The van der Waals surface area contributed by atoms with E-state index in [1.807, 2.05) is 19.2 Å². The molecule has 71 heavy (non-hydrogen) atoms. The number of rotatable bonds is 10. The molecule has 1 aromatic heterocycles. The van der Waals surface area contributed by atoms with Crippen molar-refractivity contribution in [2.45, 2.75) is 153 Å². The standard InChI is InChI=1S/C55H79N5O11/c1-28-8-9-30-10-11-35-34(25-61)20-44(66)53(4,69)49-32(7-5-6-31(19-37(35)36(30)18-28)38-27-71-50(68)45(38)33-13-16-58-24-33)22-55(70)46-39(12-14-54(49,55)15-17-59-51(56)57)52(3)23-43(65)42(64)21-40(52)48(67)47(46)60-41(26-62)29(2)63/h10,13,16,24,28,31-32,34-45,49,58,60-62,64-66,69-70H,7-9,11-12,14-15,17-23,25-27H2,1-4H3,(H4,56,57,59). The first-order valence-electron chi connectivity index (χ1n) is 26.5. The summed E-state index contributed by atoms with van der Waals surface area (Å²) in [6.45, 7) is 6.46. The Morgan fingerprint density at radius 3 is 2.48 bits per heavy atom. The van der Waals surface area contributed by atoms with Gasteiger partial charge >= 0.3 is 5.97 Å². The number of aromatic amines is 1. The Hall–Kier alpha value is -4.08. The maximum atomic E-state index is 15.2. The maximum Gasteiger partial charge on any atom is 0.313 e. The molecular formula is C55H79N5O11. The van der Waals surface area contributed by atoms with E-state index in [0.717, 1.165) is 24.8 Å². The SMILES string of the molecule is CC(=O)C(CO)NC1=C2C(CCC3(CCN=C(N)N)C4C(CC#CC(C5COC(=O)C5c5cc[nH]c5)CC5C6CC(C)CCC6=CCC5C(CO)CC(O)C4(C)O)CC23O)C2(C)CC(O)C(O)CC2C1=O. The predicted molar refractivity (Wildman–Crippen MR) is 263 cm³/mol. The van der Waals surface area contributed by atoms with Gasteiger partial charge in [-0.1, -0.05) is 31.4 Å². The molecule has 20 unspecified atom stereocenters. The lowest BCUT2D eigenvalue weighted by Gasteiger charge is -2.62. The fraction of sp³-hybridized carbons (Fsp3) is 0.745. The number of aliphatic hydroxyl groups is 7. The second-order valence-corrected chi connectivity index (χ2v) is 23.9. The molecule has 16 heteroatoms. The number of esters is 1. The lowest BCUT2D eigenvalue weighted by atomic mass is 9.44. The highest BCUT2D eigenvalue weighted by Gasteiger charge is 2.74. The number of aromatic nitrogens is 1. The number of carbonyl (C=O) groups is 3. The summed E-state index contributed by atoms with van der Waals surface area (Å²) in [7, 11) is 0. The molecule has 8 aliphatic rings. The molecule has 1 aliphatic heterocycles. The average molecular weight is 986 g/mol. The van der Waals surface area contributed by atoms with E-state index in [2.05, 4.69) is 40.1 Å². The van der Waals surface area contributed by atoms with Gasteiger partial charge in [0.05, 0.1) is 54.3 Å². The molecule has 1 saturated heterocycles. The van der Waals surface area contributed by atoms with Gasteiger partial charge < -0.3 is 62.3 Å². The lowest BCUT2D eigenvalue weighted by molar-refractivity contribution is -0.190. The number of allylic oxidation sites excluding steroid dienone is 3. The van der Waals surface area contributed by atoms with Crippen LogP contribution in [-0.4, -0.2) is 126 Å². The van der Waals surface area contributed by atoms with E-state index in [9.17, 15) is 45.3 Å². The molecule has 9 rings (SSSR count). The van der Waals surface area contributed by atoms with Crippen LogP contribution in [0.2, 0.25) is 0 Å². The van der Waals surface area contributed by atoms with Crippen LogP contribution in [0.15, 0.2) is 46.4 Å². The molecule has 1 aromatic rings. The minimum absolute atomic E-state index is 0.0151. The number of nitrogens with zero attached hydrogens (tertiary/aromatic N) is 1. The molecule has 0 aromatic carbocycles. The van der Waals surface area contributed by atoms with Crippen LogP contribution >= 0.6 is 0 Å². The normalized spacial score (nSPS) is 44.7. The number of fused-ring (bicyclic) bond motifs is 10. The summed E-state index contributed by atoms with van der Waals surface area (Å²) in [6, 6.07) is 0.698. The summed E-state index contributed by atoms with van der Waals surface area (Å²) in [6.07, 6.45) is 7.58. The zero-order valence-electron chi connectivity index (χ0n) is 41.9. The molecular weight excluding hydrogens is 907 g/mol. The van der Waals surface area contributed by atoms with Crippen molar-refractivity contribution in [1.82, 2.24) is 10.3 Å². The Morgan fingerprint density at radius 1 is 1.01 bits per heavy atom. The van der Waals surface area contributed by atoms with Crippen molar-refractivity contribution >= 4 is 23.5 Å². The Labute approximate surface area is 417 Å². The van der Waals surface area contributed by atoms with E-state index in [-0.39, 0.29) is 112 Å². The maximum absolute atomic E-state index is 15.2. The Bertz CT molecular complexity index is 2350. The van der Waals surface area contributed by atoms with Crippen molar-refractivity contribution in [2.24, 2.45) is 92.4 Å². The predicted octanol–water partition coefficient (Wildman–Crippen LogP) is 2.74. The number of cyclic esters (lactones) is 1. The number of carbonyl (C=O) groups excluding carboxylic acids is 3. The van der Waals surface area contributed by atoms with E-state index >= 15 is 4.79 Å². The second kappa shape index (κ2) is 19.6. The van der Waals surface area contributed by atoms with Crippen LogP contribution in [0.25, 0.3) is 0 Å². The van der Waals surface area contributed by atoms with Crippen molar-refractivity contribution in [1.29, 1.82) is 0 Å². The van der Waals surface area contributed by atoms with Crippen LogP contribution in [-0.2, 0) is 19.1 Å². The zero-order valence-corrected chi connectivity index (χ0v) is 41.9. The fourth-order valence-corrected chi connectivity index (χ4v) is 16.7. The smallest absolute Gasteiger partial charge is 0.313 e. The van der Waals surface area contributed by atoms with E-state index in [0.29, 0.717) is 30.8 Å². The van der Waals surface area contributed by atoms with Gasteiger partial charge in [-0.3, -0.25) is 19.4 Å². The summed E-state index contributed by atoms with van der Waals surface area (Å²) in [4.78, 5) is 49.5. The first kappa shape index (κ1) is 51.8. The van der Waals surface area contributed by atoms with Gasteiger partial charge in [-0.2, -0.15) is 0 Å². The van der Waals surface area contributed by atoms with Crippen LogP contribution in [0.4, 0.5) is 0 Å². The van der Waals surface area contributed by atoms with Gasteiger partial charge in [-0.05, 0) is 155 Å². The molecule has 0 spiro atoms. The number of ketones is 2. The first-order valence-corrected chi connectivity index (χ1v) is 26.5. The van der Waals surface area contributed by atoms with Gasteiger partial charge in [0.1, 0.15) is 6.04 Å². The van der Waals surface area contributed by atoms with Crippen molar-refractivity contribution in [3.8, 4) is 11.8 Å². The summed E-state index contributed by atoms with van der Waals surface area (Å²) < 4.78 is 5.88. The largest absolute Gasteiger partial charge is 0.465 e. The third-order valence-corrected chi connectivity index (χ3v) is 20.2. The molecule has 13 N–H and O–H groups in total. The van der Waals surface area contributed by atoms with Crippen LogP contribution in [0.1, 0.15) is 123 Å². The number of H-pyrrole nitrogens is 1. The van der Waals surface area contributed by atoms with E-state index in [1.54, 1.807) is 13.1 Å². The van der Waals surface area contributed by atoms with Crippen molar-refractivity contribution in [3.05, 3.63) is 46.9 Å². The van der Waals surface area contributed by atoms with Gasteiger partial charge in [-0.25, -0.2) is 0 Å². The number of aliphatic hydroxyl groups excluding tert-OH is 5. The molecule has 20 atom stereocenters. The summed E-state index contributed by atoms with van der Waals surface area (Å²) in [5.74, 6) is 2.10. The number of ether oxygens (including phenoxy) is 1. The first-order chi connectivity index (χ1) is 33.7. The number of aliphatic imine (C=N–C) groups is 1. The lowest BCUT2D eigenvalue weighted by Crippen LogP contribution is -2.66. The number of nitrogens with one attached hydrogen (secondary N) is 2. The third kappa shape index (κ3) is 8.70. The minimum Gasteiger partial charge on any atom is -0.465 e. The number of hydrogen-bond donors (Lipinski definition) is 11. The van der Waals surface area contributed by atoms with Crippen molar-refractivity contribution < 1.29 is 54.9 Å². The van der Waals surface area contributed by atoms with Crippen molar-refractivity contribution in [3.63, 3.8) is 0 Å². The summed E-state index contributed by atoms with van der Waals surface area (Å²) >= 11 is 0. The molecule has 390 valence electrons. The van der Waals surface area contributed by atoms with Gasteiger partial charge in [0.15, 0.2) is 17.5 Å². The van der Waals surface area contributed by atoms with Crippen LogP contribution in [0.5, 0.6) is 0 Å². The number of Topliss-reactive ketones (excluding diaryl/α,β-unsaturated/α-hetero) is 2. The fourth-order valence-electron chi connectivity index (χ4n) is 16.7. The number of hydrogen-bond acceptors (Lipinski definition) is 13. The highest BCUT2D eigenvalue weighted by molar-refractivity contribution is 6.00. The zero-order chi connectivity index (χ0) is 50.9. The molecule has 2 heterocycles. The van der Waals surface area contributed by atoms with Gasteiger partial charge in [0, 0.05) is 61.1 Å². The van der Waals surface area contributed by atoms with Gasteiger partial charge in [-0.15, -0.1) is 5.92 Å². The highest BCUT2D eigenvalue weighted by atomic mass is 16.5. The highest BCUT2D eigenvalue weighted by Crippen LogP contribution is 2.72. The molecule has 0 amide bonds. The second-order valence-electron chi connectivity index (χ2n) is 23.9. The van der Waals surface area contributed by atoms with E-state index < -0.39 is 100 Å². The van der Waals surface area contributed by atoms with Gasteiger partial charge in [0.2, 0.25) is 0 Å². The Morgan fingerprint density at radius 2 is 1.79 bits per heavy atom. The monoisotopic (exact) mass is 986 g/mol. The summed E-state index contributed by atoms with van der Waals surface area (Å²) in [5, 5.41) is 88.1. The average Bonchev–Trinajstić information content (AvgIpc) is 4.05. The topological polar surface area (TPSA) is 294 Å². The minimum atomic E-state index is -1.94. The van der Waals surface area contributed by atoms with E-state index in [1.165, 1.54) is 12.5 Å². The van der Waals surface area contributed by atoms with Crippen LogP contribution in [0.3, 0.4) is 0 Å². The quantitative estimate of drug-likeness (QED) is 0.0529. The Balaban J connectivity index is 1.23. The molecule has 0 radical (unpaired) electrons. The molecule has 0 bridgehead atoms. The van der Waals surface area contributed by atoms with Gasteiger partial charge in [0.25, 0.3) is 0 Å². The number of guanidine groups is 1. The molecule has 16 nitrogen and oxygen atoms in total. The van der Waals surface area contributed by atoms with Crippen LogP contribution < -0.4 is 16.8 Å². The molecule has 7 aliphatic carbocycles. The third-order valence-electron chi connectivity index (χ3n) is 20.2. The van der Waals surface area contributed by atoms with E-state index in [4.69, 9.17) is 16.2 Å². The Kier molecular flexibility index (Phi) is 14.3. The molecule has 5 fully saturated rings.